The van der Waals surface area contributed by atoms with E-state index in [9.17, 15) is 14.0 Å². The molecule has 3 saturated heterocycles. The molecule has 1 aromatic carbocycles. The SMILES string of the molecule is O=C1COc2c(F)cc(NC(=O)N[C@@H]3CN4CCC3CC4)cc2N1. The van der Waals surface area contributed by atoms with Crippen molar-refractivity contribution in [2.75, 3.05) is 36.9 Å². The third-order valence-electron chi connectivity index (χ3n) is 4.90. The quantitative estimate of drug-likeness (QED) is 0.763. The summed E-state index contributed by atoms with van der Waals surface area (Å²) in [6, 6.07) is 2.44. The summed E-state index contributed by atoms with van der Waals surface area (Å²) >= 11 is 0. The Morgan fingerprint density at radius 1 is 1.33 bits per heavy atom. The number of rotatable bonds is 2. The Bertz CT molecular complexity index is 688. The molecule has 24 heavy (non-hydrogen) atoms. The summed E-state index contributed by atoms with van der Waals surface area (Å²) in [6.07, 6.45) is 2.20. The van der Waals surface area contributed by atoms with Crippen LogP contribution in [0.4, 0.5) is 20.6 Å². The van der Waals surface area contributed by atoms with E-state index in [1.165, 1.54) is 12.1 Å². The Morgan fingerprint density at radius 2 is 2.12 bits per heavy atom. The summed E-state index contributed by atoms with van der Waals surface area (Å²) in [6.45, 7) is 2.84. The zero-order valence-electron chi connectivity index (χ0n) is 13.1. The Kier molecular flexibility index (Phi) is 3.76. The van der Waals surface area contributed by atoms with E-state index in [2.05, 4.69) is 20.9 Å². The largest absolute Gasteiger partial charge is 0.478 e. The normalized spacial score (nSPS) is 27.7. The number of amides is 3. The summed E-state index contributed by atoms with van der Waals surface area (Å²) in [7, 11) is 0. The molecule has 2 bridgehead atoms. The second-order valence-electron chi connectivity index (χ2n) is 6.51. The van der Waals surface area contributed by atoms with E-state index in [4.69, 9.17) is 4.74 Å². The molecule has 8 heteroatoms. The smallest absolute Gasteiger partial charge is 0.319 e. The van der Waals surface area contributed by atoms with Crippen LogP contribution in [0.1, 0.15) is 12.8 Å². The minimum absolute atomic E-state index is 0.00190. The number of hydrogen-bond donors (Lipinski definition) is 3. The Hall–Kier alpha value is -2.35. The average Bonchev–Trinajstić information content (AvgIpc) is 2.55. The van der Waals surface area contributed by atoms with Crippen molar-refractivity contribution in [3.05, 3.63) is 17.9 Å². The lowest BCUT2D eigenvalue weighted by Crippen LogP contribution is -2.57. The third-order valence-corrected chi connectivity index (χ3v) is 4.90. The van der Waals surface area contributed by atoms with E-state index < -0.39 is 5.82 Å². The van der Waals surface area contributed by atoms with Gasteiger partial charge in [0.1, 0.15) is 0 Å². The predicted octanol–water partition coefficient (Wildman–Crippen LogP) is 1.37. The van der Waals surface area contributed by atoms with Crippen molar-refractivity contribution >= 4 is 23.3 Å². The fraction of sp³-hybridized carbons (Fsp3) is 0.500. The molecule has 4 aliphatic rings. The lowest BCUT2D eigenvalue weighted by Gasteiger charge is -2.44. The summed E-state index contributed by atoms with van der Waals surface area (Å²) in [4.78, 5) is 25.9. The van der Waals surface area contributed by atoms with Gasteiger partial charge in [-0.1, -0.05) is 0 Å². The molecular weight excluding hydrogens is 315 g/mol. The second-order valence-corrected chi connectivity index (χ2v) is 6.51. The molecule has 3 fully saturated rings. The van der Waals surface area contributed by atoms with Gasteiger partial charge in [-0.2, -0.15) is 0 Å². The first-order chi connectivity index (χ1) is 11.6. The van der Waals surface area contributed by atoms with Gasteiger partial charge in [-0.15, -0.1) is 0 Å². The van der Waals surface area contributed by atoms with Crippen LogP contribution in [0.25, 0.3) is 0 Å². The van der Waals surface area contributed by atoms with Gasteiger partial charge in [0.25, 0.3) is 5.91 Å². The molecule has 4 heterocycles. The van der Waals surface area contributed by atoms with Crippen molar-refractivity contribution in [3.8, 4) is 5.75 Å². The first kappa shape index (κ1) is 15.2. The molecule has 0 spiro atoms. The van der Waals surface area contributed by atoms with Crippen LogP contribution in [0.3, 0.4) is 0 Å². The van der Waals surface area contributed by atoms with Gasteiger partial charge in [0.15, 0.2) is 18.2 Å². The molecule has 7 nitrogen and oxygen atoms in total. The zero-order valence-corrected chi connectivity index (χ0v) is 13.1. The second kappa shape index (κ2) is 5.94. The summed E-state index contributed by atoms with van der Waals surface area (Å²) in [5.41, 5.74) is 0.500. The van der Waals surface area contributed by atoms with Crippen LogP contribution >= 0.6 is 0 Å². The molecule has 1 atom stereocenters. The highest BCUT2D eigenvalue weighted by Crippen LogP contribution is 2.34. The number of nitrogens with one attached hydrogen (secondary N) is 3. The maximum Gasteiger partial charge on any atom is 0.319 e. The van der Waals surface area contributed by atoms with Gasteiger partial charge >= 0.3 is 6.03 Å². The number of nitrogens with zero attached hydrogens (tertiary/aromatic N) is 1. The van der Waals surface area contributed by atoms with E-state index in [0.717, 1.165) is 32.5 Å². The first-order valence-corrected chi connectivity index (χ1v) is 8.14. The van der Waals surface area contributed by atoms with E-state index >= 15 is 0 Å². The van der Waals surface area contributed by atoms with Crippen LogP contribution in [0.2, 0.25) is 0 Å². The van der Waals surface area contributed by atoms with Crippen molar-refractivity contribution < 1.29 is 18.7 Å². The average molecular weight is 334 g/mol. The van der Waals surface area contributed by atoms with Crippen LogP contribution in [0, 0.1) is 11.7 Å². The van der Waals surface area contributed by atoms with E-state index in [1.54, 1.807) is 0 Å². The van der Waals surface area contributed by atoms with Gasteiger partial charge in [0.2, 0.25) is 0 Å². The first-order valence-electron chi connectivity index (χ1n) is 8.14. The summed E-state index contributed by atoms with van der Waals surface area (Å²) in [5.74, 6) is -0.465. The van der Waals surface area contributed by atoms with Crippen LogP contribution in [-0.4, -0.2) is 49.1 Å². The molecular formula is C16H19FN4O3. The maximum absolute atomic E-state index is 14.0. The van der Waals surface area contributed by atoms with E-state index in [-0.39, 0.29) is 41.7 Å². The van der Waals surface area contributed by atoms with Crippen LogP contribution in [0.15, 0.2) is 12.1 Å². The number of carbonyl (C=O) groups is 2. The lowest BCUT2D eigenvalue weighted by atomic mass is 9.84. The fourth-order valence-electron chi connectivity index (χ4n) is 3.69. The minimum atomic E-state index is -0.620. The Labute approximate surface area is 138 Å². The highest BCUT2D eigenvalue weighted by molar-refractivity contribution is 5.97. The van der Waals surface area contributed by atoms with Crippen LogP contribution in [-0.2, 0) is 4.79 Å². The lowest BCUT2D eigenvalue weighted by molar-refractivity contribution is -0.118. The number of benzene rings is 1. The molecule has 5 rings (SSSR count). The molecule has 0 radical (unpaired) electrons. The Balaban J connectivity index is 1.43. The van der Waals surface area contributed by atoms with Gasteiger partial charge in [-0.25, -0.2) is 9.18 Å². The molecule has 0 aliphatic carbocycles. The van der Waals surface area contributed by atoms with Crippen molar-refractivity contribution in [2.24, 2.45) is 5.92 Å². The molecule has 3 N–H and O–H groups in total. The fourth-order valence-corrected chi connectivity index (χ4v) is 3.69. The van der Waals surface area contributed by atoms with Gasteiger partial charge < -0.3 is 25.6 Å². The molecule has 3 amide bonds. The molecule has 4 aliphatic heterocycles. The van der Waals surface area contributed by atoms with Gasteiger partial charge in [-0.3, -0.25) is 4.79 Å². The van der Waals surface area contributed by atoms with Crippen molar-refractivity contribution in [1.29, 1.82) is 0 Å². The van der Waals surface area contributed by atoms with Crippen molar-refractivity contribution in [1.82, 2.24) is 10.2 Å². The van der Waals surface area contributed by atoms with Gasteiger partial charge in [0, 0.05) is 24.3 Å². The zero-order chi connectivity index (χ0) is 16.7. The molecule has 128 valence electrons. The number of hydrogen-bond acceptors (Lipinski definition) is 4. The number of urea groups is 1. The number of carbonyl (C=O) groups excluding carboxylic acids is 2. The highest BCUT2D eigenvalue weighted by atomic mass is 19.1. The number of fused-ring (bicyclic) bond motifs is 4. The molecule has 1 aromatic rings. The standard InChI is InChI=1S/C16H19FN4O3/c17-11-5-10(6-12-15(11)24-8-14(22)19-12)18-16(23)20-13-7-21-3-1-9(13)2-4-21/h5-6,9,13H,1-4,7-8H2,(H,19,22)(H2,18,20,23)/t13-/m1/s1. The topological polar surface area (TPSA) is 82.7 Å². The third kappa shape index (κ3) is 2.89. The minimum Gasteiger partial charge on any atom is -0.478 e. The van der Waals surface area contributed by atoms with Crippen LogP contribution < -0.4 is 20.7 Å². The maximum atomic E-state index is 14.0. The van der Waals surface area contributed by atoms with E-state index in [0.29, 0.717) is 5.92 Å². The van der Waals surface area contributed by atoms with Gasteiger partial charge in [-0.05, 0) is 37.9 Å². The van der Waals surface area contributed by atoms with E-state index in [1.807, 2.05) is 0 Å². The van der Waals surface area contributed by atoms with Crippen LogP contribution in [0.5, 0.6) is 5.75 Å². The Morgan fingerprint density at radius 3 is 2.83 bits per heavy atom. The molecule has 0 unspecified atom stereocenters. The van der Waals surface area contributed by atoms with Crippen molar-refractivity contribution in [2.45, 2.75) is 18.9 Å². The van der Waals surface area contributed by atoms with Crippen molar-refractivity contribution in [3.63, 3.8) is 0 Å². The number of ether oxygens (including phenoxy) is 1. The summed E-state index contributed by atoms with van der Waals surface area (Å²) in [5, 5.41) is 8.15. The predicted molar refractivity (Wildman–Crippen MR) is 85.6 cm³/mol. The summed E-state index contributed by atoms with van der Waals surface area (Å²) < 4.78 is 19.1. The molecule has 0 aromatic heterocycles. The van der Waals surface area contributed by atoms with Gasteiger partial charge in [0.05, 0.1) is 5.69 Å². The number of piperidine rings is 3. The number of anilines is 2. The monoisotopic (exact) mass is 334 g/mol. The number of halogens is 1. The molecule has 0 saturated carbocycles. The highest BCUT2D eigenvalue weighted by Gasteiger charge is 2.34.